The molecule has 4 nitrogen and oxygen atoms in total. The second-order valence-corrected chi connectivity index (χ2v) is 3.43. The van der Waals surface area contributed by atoms with Crippen LogP contribution in [0, 0.1) is 11.3 Å². The number of nitriles is 1. The number of aryl methyl sites for hydroxylation is 1. The van der Waals surface area contributed by atoms with Crippen LogP contribution in [-0.4, -0.2) is 15.8 Å². The Morgan fingerprint density at radius 3 is 3.00 bits per heavy atom. The maximum atomic E-state index is 10.7. The maximum absolute atomic E-state index is 10.7. The number of carbonyl (C=O) groups excluding carboxylic acids is 1. The molecule has 0 radical (unpaired) electrons. The Labute approximate surface area is 82.2 Å². The molecule has 1 aromatic rings. The Hall–Kier alpha value is -1.63. The number of aromatic nitrogens is 2. The number of hydrogen-bond donors (Lipinski definition) is 0. The minimum absolute atomic E-state index is 0.233. The first-order valence-electron chi connectivity index (χ1n) is 4.77. The predicted molar refractivity (Wildman–Crippen MR) is 49.9 cm³/mol. The minimum Gasteiger partial charge on any atom is -0.312 e. The Balaban J connectivity index is 2.48. The van der Waals surface area contributed by atoms with Crippen LogP contribution in [0.25, 0.3) is 0 Å². The predicted octanol–water partition coefficient (Wildman–Crippen LogP) is 1.10. The van der Waals surface area contributed by atoms with Crippen molar-refractivity contribution in [1.82, 2.24) is 9.55 Å². The molecule has 72 valence electrons. The molecule has 0 aliphatic heterocycles. The van der Waals surface area contributed by atoms with Crippen LogP contribution in [0.5, 0.6) is 0 Å². The number of carbonyl (C=O) groups is 1. The van der Waals surface area contributed by atoms with E-state index in [4.69, 9.17) is 5.26 Å². The first kappa shape index (κ1) is 8.95. The fraction of sp³-hybridized carbons (Fsp3) is 0.500. The number of nitrogens with zero attached hydrogens (tertiary/aromatic N) is 3. The smallest absolute Gasteiger partial charge is 0.185 e. The monoisotopic (exact) mass is 189 g/mol. The van der Waals surface area contributed by atoms with Crippen molar-refractivity contribution < 1.29 is 4.79 Å². The molecule has 0 unspecified atom stereocenters. The third-order valence-electron chi connectivity index (χ3n) is 2.60. The molecule has 1 aliphatic carbocycles. The second kappa shape index (κ2) is 3.62. The summed E-state index contributed by atoms with van der Waals surface area (Å²) in [7, 11) is 0. The summed E-state index contributed by atoms with van der Waals surface area (Å²) >= 11 is 0. The highest BCUT2D eigenvalue weighted by molar-refractivity contribution is 5.70. The number of hydrogen-bond acceptors (Lipinski definition) is 3. The van der Waals surface area contributed by atoms with Crippen LogP contribution >= 0.6 is 0 Å². The molecule has 2 rings (SSSR count). The molecule has 1 aliphatic rings. The summed E-state index contributed by atoms with van der Waals surface area (Å²) in [6, 6.07) is 2.06. The van der Waals surface area contributed by atoms with Gasteiger partial charge >= 0.3 is 0 Å². The van der Waals surface area contributed by atoms with Crippen LogP contribution in [-0.2, 0) is 19.4 Å². The summed E-state index contributed by atoms with van der Waals surface area (Å²) in [4.78, 5) is 15.0. The van der Waals surface area contributed by atoms with Gasteiger partial charge in [0.2, 0.25) is 0 Å². The topological polar surface area (TPSA) is 58.7 Å². The molecule has 0 aromatic carbocycles. The molecule has 1 heterocycles. The summed E-state index contributed by atoms with van der Waals surface area (Å²) in [6.45, 7) is 0.233. The van der Waals surface area contributed by atoms with Crippen LogP contribution < -0.4 is 0 Å². The lowest BCUT2D eigenvalue weighted by atomic mass is 10.0. The highest BCUT2D eigenvalue weighted by atomic mass is 16.1. The summed E-state index contributed by atoms with van der Waals surface area (Å²) in [5, 5.41) is 8.65. The van der Waals surface area contributed by atoms with Gasteiger partial charge in [-0.25, -0.2) is 4.98 Å². The van der Waals surface area contributed by atoms with Crippen molar-refractivity contribution in [2.24, 2.45) is 0 Å². The van der Waals surface area contributed by atoms with Crippen molar-refractivity contribution in [3.05, 3.63) is 17.2 Å². The van der Waals surface area contributed by atoms with E-state index in [0.29, 0.717) is 5.82 Å². The molecule has 1 aromatic heterocycles. The van der Waals surface area contributed by atoms with Crippen LogP contribution in [0.4, 0.5) is 0 Å². The van der Waals surface area contributed by atoms with Crippen LogP contribution in [0.3, 0.4) is 0 Å². The van der Waals surface area contributed by atoms with Gasteiger partial charge in [-0.05, 0) is 25.7 Å². The van der Waals surface area contributed by atoms with E-state index in [0.717, 1.165) is 43.4 Å². The molecule has 0 fully saturated rings. The lowest BCUT2D eigenvalue weighted by molar-refractivity contribution is 0.111. The van der Waals surface area contributed by atoms with E-state index < -0.39 is 0 Å². The van der Waals surface area contributed by atoms with Gasteiger partial charge in [0.05, 0.1) is 11.8 Å². The Morgan fingerprint density at radius 2 is 2.29 bits per heavy atom. The van der Waals surface area contributed by atoms with Gasteiger partial charge in [-0.15, -0.1) is 0 Å². The van der Waals surface area contributed by atoms with Crippen molar-refractivity contribution in [2.45, 2.75) is 32.2 Å². The zero-order valence-electron chi connectivity index (χ0n) is 7.86. The van der Waals surface area contributed by atoms with Crippen molar-refractivity contribution in [3.8, 4) is 6.07 Å². The second-order valence-electron chi connectivity index (χ2n) is 3.43. The average Bonchev–Trinajstić information content (AvgIpc) is 2.58. The largest absolute Gasteiger partial charge is 0.312 e. The summed E-state index contributed by atoms with van der Waals surface area (Å²) in [5.41, 5.74) is 2.09. The van der Waals surface area contributed by atoms with Gasteiger partial charge in [0.15, 0.2) is 12.1 Å². The van der Waals surface area contributed by atoms with Gasteiger partial charge in [-0.1, -0.05) is 0 Å². The normalized spacial score (nSPS) is 14.5. The molecule has 14 heavy (non-hydrogen) atoms. The van der Waals surface area contributed by atoms with Gasteiger partial charge in [-0.2, -0.15) is 5.26 Å². The van der Waals surface area contributed by atoms with Crippen molar-refractivity contribution >= 4 is 6.29 Å². The van der Waals surface area contributed by atoms with E-state index >= 15 is 0 Å². The zero-order chi connectivity index (χ0) is 9.97. The summed E-state index contributed by atoms with van der Waals surface area (Å²) in [6.07, 6.45) is 4.87. The molecule has 0 spiro atoms. The van der Waals surface area contributed by atoms with Crippen molar-refractivity contribution in [1.29, 1.82) is 5.26 Å². The lowest BCUT2D eigenvalue weighted by Gasteiger charge is -2.11. The van der Waals surface area contributed by atoms with E-state index in [1.165, 1.54) is 0 Å². The average molecular weight is 189 g/mol. The molecule has 4 heteroatoms. The fourth-order valence-corrected chi connectivity index (χ4v) is 1.96. The Morgan fingerprint density at radius 1 is 1.50 bits per heavy atom. The maximum Gasteiger partial charge on any atom is 0.185 e. The van der Waals surface area contributed by atoms with E-state index in [1.54, 1.807) is 4.57 Å². The molecular weight excluding hydrogens is 178 g/mol. The van der Waals surface area contributed by atoms with Crippen LogP contribution in [0.2, 0.25) is 0 Å². The minimum atomic E-state index is 0.233. The Bertz CT molecular complexity index is 400. The van der Waals surface area contributed by atoms with Crippen LogP contribution in [0.15, 0.2) is 0 Å². The number of rotatable bonds is 2. The molecule has 0 N–H and O–H groups in total. The fourth-order valence-electron chi connectivity index (χ4n) is 1.96. The highest BCUT2D eigenvalue weighted by Crippen LogP contribution is 2.21. The van der Waals surface area contributed by atoms with E-state index in [9.17, 15) is 4.79 Å². The molecule has 0 atom stereocenters. The third kappa shape index (κ3) is 1.31. The van der Waals surface area contributed by atoms with Gasteiger partial charge in [-0.3, -0.25) is 4.79 Å². The quantitative estimate of drug-likeness (QED) is 0.654. The number of aldehydes is 1. The van der Waals surface area contributed by atoms with E-state index in [1.807, 2.05) is 0 Å². The van der Waals surface area contributed by atoms with E-state index in [2.05, 4.69) is 11.1 Å². The lowest BCUT2D eigenvalue weighted by Crippen LogP contribution is -2.09. The van der Waals surface area contributed by atoms with Crippen molar-refractivity contribution in [2.75, 3.05) is 0 Å². The molecular formula is C10H11N3O. The molecule has 0 amide bonds. The summed E-state index contributed by atoms with van der Waals surface area (Å²) < 4.78 is 1.74. The van der Waals surface area contributed by atoms with Crippen molar-refractivity contribution in [3.63, 3.8) is 0 Å². The third-order valence-corrected chi connectivity index (χ3v) is 2.60. The van der Waals surface area contributed by atoms with Crippen LogP contribution in [0.1, 0.15) is 34.8 Å². The highest BCUT2D eigenvalue weighted by Gasteiger charge is 2.18. The number of fused-ring (bicyclic) bond motifs is 1. The number of imidazole rings is 1. The van der Waals surface area contributed by atoms with E-state index in [-0.39, 0.29) is 6.54 Å². The standard InChI is InChI=1S/C10H11N3O/c11-5-6-13-9-4-2-1-3-8(9)12-10(13)7-14/h7H,1-4,6H2. The Kier molecular flexibility index (Phi) is 2.32. The van der Waals surface area contributed by atoms with Gasteiger partial charge in [0.1, 0.15) is 6.54 Å². The van der Waals surface area contributed by atoms with Gasteiger partial charge in [0.25, 0.3) is 0 Å². The zero-order valence-corrected chi connectivity index (χ0v) is 7.86. The SMILES string of the molecule is N#CCn1c(C=O)nc2c1CCCC2. The summed E-state index contributed by atoms with van der Waals surface area (Å²) in [5.74, 6) is 0.401. The molecule has 0 saturated carbocycles. The molecule has 0 saturated heterocycles. The molecule has 0 bridgehead atoms. The van der Waals surface area contributed by atoms with Gasteiger partial charge < -0.3 is 4.57 Å². The first-order chi connectivity index (χ1) is 6.86. The van der Waals surface area contributed by atoms with Gasteiger partial charge in [0, 0.05) is 5.69 Å². The first-order valence-corrected chi connectivity index (χ1v) is 4.77.